The van der Waals surface area contributed by atoms with Gasteiger partial charge in [0.25, 0.3) is 0 Å². The molecule has 0 saturated carbocycles. The topological polar surface area (TPSA) is 86.4 Å². The molecule has 8 nitrogen and oxygen atoms in total. The molecule has 0 saturated heterocycles. The van der Waals surface area contributed by atoms with Crippen LogP contribution < -0.4 is 0 Å². The van der Waals surface area contributed by atoms with Crippen molar-refractivity contribution >= 4 is 23.6 Å². The molecule has 0 aromatic carbocycles. The van der Waals surface area contributed by atoms with Crippen molar-refractivity contribution in [3.05, 3.63) is 0 Å². The van der Waals surface area contributed by atoms with Gasteiger partial charge in [-0.15, -0.1) is 0 Å². The number of methoxy groups -OCH3 is 4. The number of unbranched alkanes of at least 4 members (excludes halogenated alkanes) is 3. The van der Waals surface area contributed by atoms with Crippen LogP contribution >= 0.6 is 0 Å². The summed E-state index contributed by atoms with van der Waals surface area (Å²) in [4.78, 5) is 19.5. The molecule has 34 heavy (non-hydrogen) atoms. The molecule has 0 bridgehead atoms. The van der Waals surface area contributed by atoms with Gasteiger partial charge in [-0.25, -0.2) is 20.0 Å². The molecule has 0 aliphatic carbocycles. The average molecular weight is 479 g/mol. The third-order valence-corrected chi connectivity index (χ3v) is 6.80. The zero-order valence-electron chi connectivity index (χ0n) is 23.0. The van der Waals surface area contributed by atoms with Gasteiger partial charge >= 0.3 is 0 Å². The van der Waals surface area contributed by atoms with E-state index in [0.29, 0.717) is 35.4 Å². The summed E-state index contributed by atoms with van der Waals surface area (Å²) in [6.07, 6.45) is 5.94. The van der Waals surface area contributed by atoms with Crippen molar-refractivity contribution in [1.29, 1.82) is 0 Å². The lowest BCUT2D eigenvalue weighted by molar-refractivity contribution is 0.298. The van der Waals surface area contributed by atoms with Gasteiger partial charge in [0, 0.05) is 0 Å². The van der Waals surface area contributed by atoms with Gasteiger partial charge in [-0.2, -0.15) is 0 Å². The van der Waals surface area contributed by atoms with E-state index in [2.05, 4.69) is 41.5 Å². The van der Waals surface area contributed by atoms with Gasteiger partial charge in [-0.05, 0) is 38.5 Å². The third kappa shape index (κ3) is 6.30. The second-order valence-corrected chi connectivity index (χ2v) is 10.4. The molecule has 2 rings (SSSR count). The Morgan fingerprint density at radius 3 is 1.24 bits per heavy atom. The SMILES string of the molecule is COC1=N[C@@](C)(CCCCCC[C@]2(C)N=C(OC)[C@@H](C(C)C)N=C2OC)C(OC)=N[C@@H]1C(C)C. The van der Waals surface area contributed by atoms with Crippen LogP contribution in [0.25, 0.3) is 0 Å². The summed E-state index contributed by atoms with van der Waals surface area (Å²) in [6.45, 7) is 12.6. The molecule has 0 N–H and O–H groups in total. The quantitative estimate of drug-likeness (QED) is 0.431. The monoisotopic (exact) mass is 478 g/mol. The van der Waals surface area contributed by atoms with Gasteiger partial charge in [0.05, 0.1) is 28.4 Å². The molecule has 0 amide bonds. The lowest BCUT2D eigenvalue weighted by Crippen LogP contribution is -2.44. The molecule has 0 unspecified atom stereocenters. The Hall–Kier alpha value is -2.12. The maximum absolute atomic E-state index is 5.65. The highest BCUT2D eigenvalue weighted by atomic mass is 16.5. The van der Waals surface area contributed by atoms with Crippen LogP contribution in [0.3, 0.4) is 0 Å². The fraction of sp³-hybridized carbons (Fsp3) is 0.846. The maximum atomic E-state index is 5.65. The Morgan fingerprint density at radius 1 is 0.618 bits per heavy atom. The van der Waals surface area contributed by atoms with Crippen LogP contribution in [0.5, 0.6) is 0 Å². The molecule has 2 aliphatic heterocycles. The minimum absolute atomic E-state index is 0.0891. The van der Waals surface area contributed by atoms with E-state index in [1.165, 1.54) is 0 Å². The van der Waals surface area contributed by atoms with Crippen LogP contribution in [0.1, 0.15) is 80.1 Å². The predicted molar refractivity (Wildman–Crippen MR) is 140 cm³/mol. The van der Waals surface area contributed by atoms with Crippen LogP contribution in [0, 0.1) is 11.8 Å². The van der Waals surface area contributed by atoms with Crippen molar-refractivity contribution in [3.8, 4) is 0 Å². The van der Waals surface area contributed by atoms with Gasteiger partial charge in [0.15, 0.2) is 0 Å². The van der Waals surface area contributed by atoms with Crippen molar-refractivity contribution in [2.45, 2.75) is 103 Å². The molecule has 0 spiro atoms. The van der Waals surface area contributed by atoms with Crippen LogP contribution in [0.4, 0.5) is 0 Å². The van der Waals surface area contributed by atoms with Crippen molar-refractivity contribution < 1.29 is 18.9 Å². The van der Waals surface area contributed by atoms with E-state index < -0.39 is 11.1 Å². The van der Waals surface area contributed by atoms with Gasteiger partial charge < -0.3 is 18.9 Å². The van der Waals surface area contributed by atoms with Crippen molar-refractivity contribution in [3.63, 3.8) is 0 Å². The largest absolute Gasteiger partial charge is 0.483 e. The summed E-state index contributed by atoms with van der Waals surface area (Å²) in [5.74, 6) is 3.38. The van der Waals surface area contributed by atoms with E-state index in [-0.39, 0.29) is 12.1 Å². The minimum atomic E-state index is -0.486. The second-order valence-electron chi connectivity index (χ2n) is 10.4. The highest BCUT2D eigenvalue weighted by Gasteiger charge is 2.40. The zero-order chi connectivity index (χ0) is 25.5. The van der Waals surface area contributed by atoms with Gasteiger partial charge in [0.1, 0.15) is 23.2 Å². The number of hydrogen-bond acceptors (Lipinski definition) is 8. The molecule has 2 heterocycles. The highest BCUT2D eigenvalue weighted by molar-refractivity contribution is 5.97. The fourth-order valence-electron chi connectivity index (χ4n) is 4.72. The highest BCUT2D eigenvalue weighted by Crippen LogP contribution is 2.31. The molecule has 0 aromatic heterocycles. The number of ether oxygens (including phenoxy) is 4. The van der Waals surface area contributed by atoms with Crippen molar-refractivity contribution in [2.24, 2.45) is 31.8 Å². The lowest BCUT2D eigenvalue weighted by atomic mass is 9.89. The standard InChI is InChI=1S/C26H46N4O4/c1-17(2)19-21(31-7)29-25(5,23(27-19)33-9)15-13-11-12-14-16-26(6)24(34-10)28-20(18(3)4)22(30-26)32-8/h17-20H,11-16H2,1-10H3/t19-,20-,25+,26+/m1/s1. The average Bonchev–Trinajstić information content (AvgIpc) is 2.80. The Bertz CT molecular complexity index is 739. The van der Waals surface area contributed by atoms with Crippen molar-refractivity contribution in [1.82, 2.24) is 0 Å². The zero-order valence-corrected chi connectivity index (χ0v) is 23.0. The van der Waals surface area contributed by atoms with E-state index in [1.54, 1.807) is 28.4 Å². The Morgan fingerprint density at radius 2 is 0.971 bits per heavy atom. The summed E-state index contributed by atoms with van der Waals surface area (Å²) in [7, 11) is 6.71. The molecule has 194 valence electrons. The number of aliphatic imine (C=N–C) groups is 4. The van der Waals surface area contributed by atoms with Gasteiger partial charge in [-0.3, -0.25) is 0 Å². The summed E-state index contributed by atoms with van der Waals surface area (Å²) >= 11 is 0. The minimum Gasteiger partial charge on any atom is -0.483 e. The summed E-state index contributed by atoms with van der Waals surface area (Å²) in [5, 5.41) is 0. The molecular formula is C26H46N4O4. The lowest BCUT2D eigenvalue weighted by Gasteiger charge is -2.34. The number of nitrogens with zero attached hydrogens (tertiary/aromatic N) is 4. The first-order valence-electron chi connectivity index (χ1n) is 12.6. The molecule has 0 aromatic rings. The van der Waals surface area contributed by atoms with Crippen LogP contribution in [-0.4, -0.2) is 75.2 Å². The maximum Gasteiger partial charge on any atom is 0.212 e. The predicted octanol–water partition coefficient (Wildman–Crippen LogP) is 5.10. The third-order valence-electron chi connectivity index (χ3n) is 6.80. The van der Waals surface area contributed by atoms with E-state index in [4.69, 9.17) is 38.9 Å². The van der Waals surface area contributed by atoms with Crippen LogP contribution in [-0.2, 0) is 18.9 Å². The van der Waals surface area contributed by atoms with Crippen LogP contribution in [0.2, 0.25) is 0 Å². The first-order valence-corrected chi connectivity index (χ1v) is 12.6. The molecular weight excluding hydrogens is 432 g/mol. The Labute approximate surface area is 206 Å². The summed E-state index contributed by atoms with van der Waals surface area (Å²) < 4.78 is 22.5. The molecule has 4 atom stereocenters. The Kier molecular flexibility index (Phi) is 9.95. The van der Waals surface area contributed by atoms with E-state index >= 15 is 0 Å². The van der Waals surface area contributed by atoms with Gasteiger partial charge in [-0.1, -0.05) is 53.4 Å². The van der Waals surface area contributed by atoms with E-state index in [1.807, 2.05) is 0 Å². The summed E-state index contributed by atoms with van der Waals surface area (Å²) in [5.41, 5.74) is -0.972. The van der Waals surface area contributed by atoms with E-state index in [0.717, 1.165) is 38.5 Å². The smallest absolute Gasteiger partial charge is 0.212 e. The normalized spacial score (nSPS) is 29.3. The second kappa shape index (κ2) is 12.0. The molecule has 2 aliphatic rings. The fourth-order valence-corrected chi connectivity index (χ4v) is 4.72. The van der Waals surface area contributed by atoms with E-state index in [9.17, 15) is 0 Å². The first kappa shape index (κ1) is 28.1. The number of rotatable bonds is 9. The number of hydrogen-bond donors (Lipinski definition) is 0. The molecule has 0 fully saturated rings. The van der Waals surface area contributed by atoms with Crippen molar-refractivity contribution in [2.75, 3.05) is 28.4 Å². The Balaban J connectivity index is 1.93. The summed E-state index contributed by atoms with van der Waals surface area (Å²) in [6, 6.07) is -0.178. The van der Waals surface area contributed by atoms with Crippen LogP contribution in [0.15, 0.2) is 20.0 Å². The molecule has 8 heteroatoms. The van der Waals surface area contributed by atoms with Gasteiger partial charge in [0.2, 0.25) is 23.6 Å². The molecule has 0 radical (unpaired) electrons. The first-order chi connectivity index (χ1) is 16.0.